The molecule has 4 saturated heterocycles. The Morgan fingerprint density at radius 2 is 1.86 bits per heavy atom. The molecule has 4 fully saturated rings. The van der Waals surface area contributed by atoms with E-state index in [2.05, 4.69) is 5.32 Å². The molecule has 0 aliphatic carbocycles. The number of nitrogens with zero attached hydrogens (tertiary/aromatic N) is 3. The zero-order valence-electron chi connectivity index (χ0n) is 23.6. The third-order valence-electron chi connectivity index (χ3n) is 8.97. The molecule has 1 spiro atoms. The summed E-state index contributed by atoms with van der Waals surface area (Å²) in [5, 5.41) is 3.30. The molecule has 5 heterocycles. The zero-order valence-corrected chi connectivity index (χ0v) is 25.3. The lowest BCUT2D eigenvalue weighted by atomic mass is 9.90. The first-order valence-electron chi connectivity index (χ1n) is 14.4. The minimum Gasteiger partial charge on any atom is -0.368 e. The lowest BCUT2D eigenvalue weighted by molar-refractivity contribution is -0.196. The van der Waals surface area contributed by atoms with Crippen LogP contribution in [0.15, 0.2) is 24.3 Å². The van der Waals surface area contributed by atoms with Gasteiger partial charge in [0.1, 0.15) is 17.7 Å². The number of thiophene rings is 1. The van der Waals surface area contributed by atoms with Gasteiger partial charge in [0.25, 0.3) is 5.91 Å². The standard InChI is InChI=1S/C28H34FN4O8PS/c1-16(34)31-9-10-41-28(13-31)14-32(15-28)27(37)21-7-6-19-3-2-4-20(26(36)33(19)21)30-25(35)23-12-18-11-17(5-8-22(18)43-23)24(29)42(38,39)40/h5,8,11-12,19-21,24H,2-4,6-7,9-10,13-15H2,1H3,(H,30,35)(H2,38,39,40)/t19-,20-,21-,24?/m0/s1. The quantitative estimate of drug-likeness (QED) is 0.422. The molecule has 0 saturated carbocycles. The summed E-state index contributed by atoms with van der Waals surface area (Å²) < 4.78 is 32.1. The van der Waals surface area contributed by atoms with Crippen LogP contribution in [0.5, 0.6) is 0 Å². The van der Waals surface area contributed by atoms with Gasteiger partial charge in [0, 0.05) is 24.2 Å². The van der Waals surface area contributed by atoms with Crippen molar-refractivity contribution in [3.05, 3.63) is 34.7 Å². The number of carbonyl (C=O) groups excluding carboxylic acids is 4. The molecule has 12 nitrogen and oxygen atoms in total. The van der Waals surface area contributed by atoms with E-state index in [0.29, 0.717) is 68.6 Å². The lowest BCUT2D eigenvalue weighted by Gasteiger charge is -2.54. The summed E-state index contributed by atoms with van der Waals surface area (Å²) >= 11 is 1.13. The van der Waals surface area contributed by atoms with E-state index in [1.807, 2.05) is 0 Å². The Balaban J connectivity index is 1.13. The van der Waals surface area contributed by atoms with Crippen molar-refractivity contribution in [1.82, 2.24) is 20.0 Å². The van der Waals surface area contributed by atoms with Gasteiger partial charge in [-0.25, -0.2) is 4.39 Å². The molecule has 4 amide bonds. The first-order chi connectivity index (χ1) is 20.3. The minimum atomic E-state index is -4.98. The van der Waals surface area contributed by atoms with E-state index in [9.17, 15) is 37.9 Å². The van der Waals surface area contributed by atoms with Crippen molar-refractivity contribution in [3.63, 3.8) is 0 Å². The maximum absolute atomic E-state index is 14.2. The second kappa shape index (κ2) is 11.2. The van der Waals surface area contributed by atoms with Crippen molar-refractivity contribution in [2.75, 3.05) is 32.8 Å². The van der Waals surface area contributed by atoms with E-state index in [-0.39, 0.29) is 34.2 Å². The molecule has 1 unspecified atom stereocenters. The first kappa shape index (κ1) is 30.1. The summed E-state index contributed by atoms with van der Waals surface area (Å²) in [6.07, 6.45) is 3.12. The van der Waals surface area contributed by atoms with Crippen LogP contribution in [0.2, 0.25) is 0 Å². The average Bonchev–Trinajstić information content (AvgIpc) is 3.54. The number of halogens is 1. The normalized spacial score (nSPS) is 26.2. The number of rotatable bonds is 5. The Hall–Kier alpha value is -2.90. The fraction of sp³-hybridized carbons (Fsp3) is 0.571. The molecule has 15 heteroatoms. The van der Waals surface area contributed by atoms with E-state index >= 15 is 0 Å². The molecule has 2 aromatic rings. The van der Waals surface area contributed by atoms with Crippen LogP contribution < -0.4 is 5.32 Å². The van der Waals surface area contributed by atoms with Crippen molar-refractivity contribution >= 4 is 52.6 Å². The minimum absolute atomic E-state index is 0.0250. The van der Waals surface area contributed by atoms with Crippen LogP contribution in [-0.4, -0.2) is 105 Å². The summed E-state index contributed by atoms with van der Waals surface area (Å²) in [6, 6.07) is 4.09. The van der Waals surface area contributed by atoms with Crippen molar-refractivity contribution < 1.29 is 42.7 Å². The van der Waals surface area contributed by atoms with Gasteiger partial charge in [-0.3, -0.25) is 23.7 Å². The predicted molar refractivity (Wildman–Crippen MR) is 154 cm³/mol. The number of carbonyl (C=O) groups is 4. The summed E-state index contributed by atoms with van der Waals surface area (Å²) in [6.45, 7) is 3.64. The number of hydrogen-bond donors (Lipinski definition) is 3. The van der Waals surface area contributed by atoms with E-state index in [1.54, 1.807) is 14.7 Å². The monoisotopic (exact) mass is 636 g/mol. The number of nitrogens with one attached hydrogen (secondary N) is 1. The summed E-state index contributed by atoms with van der Waals surface area (Å²) in [7, 11) is -4.98. The maximum atomic E-state index is 14.2. The topological polar surface area (TPSA) is 157 Å². The van der Waals surface area contributed by atoms with Crippen molar-refractivity contribution in [1.29, 1.82) is 0 Å². The lowest BCUT2D eigenvalue weighted by Crippen LogP contribution is -2.73. The van der Waals surface area contributed by atoms with Crippen LogP contribution in [0.1, 0.15) is 60.2 Å². The average molecular weight is 637 g/mol. The van der Waals surface area contributed by atoms with Crippen LogP contribution in [0.4, 0.5) is 4.39 Å². The van der Waals surface area contributed by atoms with Crippen molar-refractivity contribution in [2.45, 2.75) is 68.7 Å². The van der Waals surface area contributed by atoms with Crippen LogP contribution in [0.25, 0.3) is 10.1 Å². The molecule has 1 aromatic carbocycles. The first-order valence-corrected chi connectivity index (χ1v) is 16.9. The van der Waals surface area contributed by atoms with E-state index < -0.39 is 37.1 Å². The molecule has 43 heavy (non-hydrogen) atoms. The SMILES string of the molecule is CC(=O)N1CCOC2(C1)CN(C(=O)[C@@H]1CC[C@@H]3CCC[C@H](NC(=O)c4cc5cc(C(F)P(=O)(O)O)ccc5s4)C(=O)N31)C2. The smallest absolute Gasteiger partial charge is 0.363 e. The summed E-state index contributed by atoms with van der Waals surface area (Å²) in [5.41, 5.74) is -0.747. The van der Waals surface area contributed by atoms with Crippen LogP contribution in [0, 0.1) is 0 Å². The van der Waals surface area contributed by atoms with Gasteiger partial charge in [-0.05, 0) is 61.3 Å². The number of ether oxygens (including phenoxy) is 1. The van der Waals surface area contributed by atoms with Gasteiger partial charge in [0.05, 0.1) is 31.1 Å². The highest BCUT2D eigenvalue weighted by atomic mass is 32.1. The molecular formula is C28H34FN4O8PS. The van der Waals surface area contributed by atoms with E-state index in [1.165, 1.54) is 31.2 Å². The highest BCUT2D eigenvalue weighted by Crippen LogP contribution is 2.53. The fourth-order valence-electron chi connectivity index (χ4n) is 6.80. The van der Waals surface area contributed by atoms with Gasteiger partial charge >= 0.3 is 7.60 Å². The van der Waals surface area contributed by atoms with Crippen molar-refractivity contribution in [3.8, 4) is 0 Å². The number of alkyl halides is 1. The van der Waals surface area contributed by atoms with Gasteiger partial charge in [-0.2, -0.15) is 0 Å². The van der Waals surface area contributed by atoms with E-state index in [4.69, 9.17) is 4.74 Å². The molecule has 3 N–H and O–H groups in total. The molecule has 1 aromatic heterocycles. The van der Waals surface area contributed by atoms with Crippen LogP contribution >= 0.6 is 18.9 Å². The summed E-state index contributed by atoms with van der Waals surface area (Å²) in [4.78, 5) is 76.3. The Kier molecular flexibility index (Phi) is 7.87. The highest BCUT2D eigenvalue weighted by Gasteiger charge is 2.53. The Labute approximate surface area is 251 Å². The molecule has 0 bridgehead atoms. The highest BCUT2D eigenvalue weighted by molar-refractivity contribution is 7.51. The second-order valence-corrected chi connectivity index (χ2v) is 14.7. The summed E-state index contributed by atoms with van der Waals surface area (Å²) in [5.74, 6) is -3.40. The van der Waals surface area contributed by atoms with Gasteiger partial charge in [0.15, 0.2) is 0 Å². The number of hydrogen-bond acceptors (Lipinski definition) is 7. The third kappa shape index (κ3) is 5.71. The molecule has 6 rings (SSSR count). The van der Waals surface area contributed by atoms with Gasteiger partial charge in [-0.15, -0.1) is 11.3 Å². The Morgan fingerprint density at radius 3 is 2.58 bits per heavy atom. The zero-order chi connectivity index (χ0) is 30.7. The number of likely N-dealkylation sites (tertiary alicyclic amines) is 1. The Bertz CT molecular complexity index is 1520. The molecule has 232 valence electrons. The second-order valence-electron chi connectivity index (χ2n) is 11.9. The molecule has 0 radical (unpaired) electrons. The van der Waals surface area contributed by atoms with Crippen LogP contribution in [0.3, 0.4) is 0 Å². The van der Waals surface area contributed by atoms with Crippen LogP contribution in [-0.2, 0) is 23.7 Å². The van der Waals surface area contributed by atoms with Gasteiger partial charge < -0.3 is 34.5 Å². The number of benzene rings is 1. The number of amides is 4. The molecule has 4 atom stereocenters. The van der Waals surface area contributed by atoms with Gasteiger partial charge in [-0.1, -0.05) is 6.07 Å². The molecular weight excluding hydrogens is 602 g/mol. The Morgan fingerprint density at radius 1 is 1.12 bits per heavy atom. The maximum Gasteiger partial charge on any atom is 0.363 e. The number of fused-ring (bicyclic) bond motifs is 2. The fourth-order valence-corrected chi connectivity index (χ4v) is 8.30. The molecule has 4 aliphatic rings. The number of morpholine rings is 1. The third-order valence-corrected chi connectivity index (χ3v) is 11.0. The van der Waals surface area contributed by atoms with E-state index in [0.717, 1.165) is 17.8 Å². The predicted octanol–water partition coefficient (Wildman–Crippen LogP) is 2.15. The molecule has 4 aliphatic heterocycles. The van der Waals surface area contributed by atoms with Crippen molar-refractivity contribution in [2.24, 2.45) is 0 Å². The largest absolute Gasteiger partial charge is 0.368 e. The van der Waals surface area contributed by atoms with Gasteiger partial charge in [0.2, 0.25) is 23.6 Å².